The van der Waals surface area contributed by atoms with Crippen LogP contribution in [0.5, 0.6) is 0 Å². The quantitative estimate of drug-likeness (QED) is 0.762. The van der Waals surface area contributed by atoms with Crippen LogP contribution in [0.25, 0.3) is 0 Å². The molecule has 4 heteroatoms. The van der Waals surface area contributed by atoms with E-state index in [1.165, 1.54) is 6.42 Å². The zero-order valence-corrected chi connectivity index (χ0v) is 13.3. The molecule has 0 aromatic heterocycles. The van der Waals surface area contributed by atoms with Gasteiger partial charge in [0, 0.05) is 5.92 Å². The Morgan fingerprint density at radius 3 is 2.25 bits per heavy atom. The topological polar surface area (TPSA) is 55.4 Å². The molecule has 0 spiro atoms. The molecule has 1 saturated carbocycles. The fourth-order valence-electron chi connectivity index (χ4n) is 2.77. The molecule has 0 aromatic rings. The molecule has 1 N–H and O–H groups in total. The number of hydrogen-bond donors (Lipinski definition) is 1. The fraction of sp³-hybridized carbons (Fsp3) is 0.875. The molecule has 4 nitrogen and oxygen atoms in total. The largest absolute Gasteiger partial charge is 0.461 e. The molecule has 0 radical (unpaired) electrons. The van der Waals surface area contributed by atoms with Gasteiger partial charge in [-0.05, 0) is 39.0 Å². The highest BCUT2D eigenvalue weighted by Gasteiger charge is 2.25. The number of rotatable bonds is 6. The molecule has 1 amide bonds. The smallest absolute Gasteiger partial charge is 0.328 e. The maximum Gasteiger partial charge on any atom is 0.328 e. The van der Waals surface area contributed by atoms with Crippen LogP contribution in [-0.4, -0.2) is 24.0 Å². The summed E-state index contributed by atoms with van der Waals surface area (Å²) in [5, 5.41) is 2.79. The molecular weight excluding hydrogens is 254 g/mol. The van der Waals surface area contributed by atoms with Gasteiger partial charge in [-0.2, -0.15) is 0 Å². The first-order valence-corrected chi connectivity index (χ1v) is 7.91. The third kappa shape index (κ3) is 5.93. The molecule has 0 aromatic carbocycles. The Balaban J connectivity index is 2.34. The van der Waals surface area contributed by atoms with Crippen LogP contribution in [0.4, 0.5) is 0 Å². The summed E-state index contributed by atoms with van der Waals surface area (Å²) in [6, 6.07) is -0.556. The van der Waals surface area contributed by atoms with Crippen LogP contribution in [0.3, 0.4) is 0 Å². The van der Waals surface area contributed by atoms with E-state index in [0.717, 1.165) is 32.1 Å². The molecule has 2 atom stereocenters. The summed E-state index contributed by atoms with van der Waals surface area (Å²) in [7, 11) is 0. The van der Waals surface area contributed by atoms with E-state index in [1.807, 2.05) is 6.92 Å². The van der Waals surface area contributed by atoms with Crippen molar-refractivity contribution in [3.8, 4) is 0 Å². The van der Waals surface area contributed by atoms with E-state index in [1.54, 1.807) is 6.92 Å². The lowest BCUT2D eigenvalue weighted by atomic mass is 9.88. The highest BCUT2D eigenvalue weighted by atomic mass is 16.5. The van der Waals surface area contributed by atoms with E-state index in [-0.39, 0.29) is 23.9 Å². The van der Waals surface area contributed by atoms with E-state index in [2.05, 4.69) is 19.2 Å². The van der Waals surface area contributed by atoms with Gasteiger partial charge >= 0.3 is 5.97 Å². The minimum Gasteiger partial charge on any atom is -0.461 e. The molecule has 1 fully saturated rings. The first-order valence-electron chi connectivity index (χ1n) is 7.91. The molecule has 1 aliphatic rings. The Bertz CT molecular complexity index is 322. The lowest BCUT2D eigenvalue weighted by Crippen LogP contribution is -2.43. The van der Waals surface area contributed by atoms with Crippen LogP contribution in [0.1, 0.15) is 66.2 Å². The van der Waals surface area contributed by atoms with Crippen molar-refractivity contribution in [1.29, 1.82) is 0 Å². The van der Waals surface area contributed by atoms with Gasteiger partial charge in [-0.25, -0.2) is 4.79 Å². The van der Waals surface area contributed by atoms with Crippen LogP contribution in [0.15, 0.2) is 0 Å². The first kappa shape index (κ1) is 17.0. The Morgan fingerprint density at radius 2 is 1.70 bits per heavy atom. The number of hydrogen-bond acceptors (Lipinski definition) is 3. The number of carbonyl (C=O) groups is 2. The number of nitrogens with one attached hydrogen (secondary N) is 1. The first-order chi connectivity index (χ1) is 9.40. The minimum atomic E-state index is -0.556. The van der Waals surface area contributed by atoms with Gasteiger partial charge < -0.3 is 10.1 Å². The van der Waals surface area contributed by atoms with E-state index >= 15 is 0 Å². The zero-order valence-electron chi connectivity index (χ0n) is 13.3. The van der Waals surface area contributed by atoms with E-state index in [4.69, 9.17) is 4.74 Å². The third-order valence-electron chi connectivity index (χ3n) is 3.81. The standard InChI is InChI=1S/C16H29NO3/c1-11(2)10-12(3)20-16(19)13(4)17-15(18)14-8-6-5-7-9-14/h11-14H,5-10H2,1-4H3,(H,17,18)/t12-,13-/m1/s1. The van der Waals surface area contributed by atoms with Gasteiger partial charge in [0.05, 0.1) is 6.10 Å². The van der Waals surface area contributed by atoms with Crippen molar-refractivity contribution in [3.05, 3.63) is 0 Å². The van der Waals surface area contributed by atoms with E-state index in [9.17, 15) is 9.59 Å². The van der Waals surface area contributed by atoms with Crippen molar-refractivity contribution in [1.82, 2.24) is 5.32 Å². The van der Waals surface area contributed by atoms with Gasteiger partial charge in [0.1, 0.15) is 6.04 Å². The SMILES string of the molecule is CC(C)C[C@@H](C)OC(=O)[C@@H](C)NC(=O)C1CCCCC1. The van der Waals surface area contributed by atoms with Crippen molar-refractivity contribution in [2.45, 2.75) is 78.4 Å². The van der Waals surface area contributed by atoms with Gasteiger partial charge in [-0.1, -0.05) is 33.1 Å². The van der Waals surface area contributed by atoms with Crippen molar-refractivity contribution in [2.24, 2.45) is 11.8 Å². The summed E-state index contributed by atoms with van der Waals surface area (Å²) >= 11 is 0. The maximum absolute atomic E-state index is 12.1. The highest BCUT2D eigenvalue weighted by Crippen LogP contribution is 2.23. The third-order valence-corrected chi connectivity index (χ3v) is 3.81. The molecule has 116 valence electrons. The Labute approximate surface area is 122 Å². The van der Waals surface area contributed by atoms with Crippen molar-refractivity contribution in [3.63, 3.8) is 0 Å². The highest BCUT2D eigenvalue weighted by molar-refractivity contribution is 5.85. The molecule has 20 heavy (non-hydrogen) atoms. The Morgan fingerprint density at radius 1 is 1.10 bits per heavy atom. The van der Waals surface area contributed by atoms with E-state index in [0.29, 0.717) is 5.92 Å². The number of ether oxygens (including phenoxy) is 1. The van der Waals surface area contributed by atoms with Gasteiger partial charge in [0.2, 0.25) is 5.91 Å². The second-order valence-corrected chi connectivity index (χ2v) is 6.44. The maximum atomic E-state index is 12.1. The summed E-state index contributed by atoms with van der Waals surface area (Å²) in [5.74, 6) is 0.241. The molecule has 0 aliphatic heterocycles. The number of esters is 1. The van der Waals surface area contributed by atoms with Gasteiger partial charge in [0.15, 0.2) is 0 Å². The summed E-state index contributed by atoms with van der Waals surface area (Å²) in [4.78, 5) is 24.0. The summed E-state index contributed by atoms with van der Waals surface area (Å²) in [6.07, 6.45) is 6.07. The summed E-state index contributed by atoms with van der Waals surface area (Å²) < 4.78 is 5.36. The lowest BCUT2D eigenvalue weighted by molar-refractivity contribution is -0.152. The van der Waals surface area contributed by atoms with Gasteiger partial charge in [-0.3, -0.25) is 4.79 Å². The second kappa shape index (κ2) is 8.28. The van der Waals surface area contributed by atoms with Gasteiger partial charge in [-0.15, -0.1) is 0 Å². The predicted octanol–water partition coefficient (Wildman–Crippen LogP) is 3.05. The predicted molar refractivity (Wildman–Crippen MR) is 79.2 cm³/mol. The number of carbonyl (C=O) groups excluding carboxylic acids is 2. The van der Waals surface area contributed by atoms with Gasteiger partial charge in [0.25, 0.3) is 0 Å². The second-order valence-electron chi connectivity index (χ2n) is 6.44. The van der Waals surface area contributed by atoms with Crippen LogP contribution in [-0.2, 0) is 14.3 Å². The Kier molecular flexibility index (Phi) is 7.03. The molecule has 0 heterocycles. The monoisotopic (exact) mass is 283 g/mol. The molecule has 0 bridgehead atoms. The fourth-order valence-corrected chi connectivity index (χ4v) is 2.77. The lowest BCUT2D eigenvalue weighted by Gasteiger charge is -2.23. The molecule has 0 saturated heterocycles. The average Bonchev–Trinajstić information content (AvgIpc) is 2.38. The van der Waals surface area contributed by atoms with E-state index < -0.39 is 6.04 Å². The molecule has 1 rings (SSSR count). The van der Waals surface area contributed by atoms with Crippen molar-refractivity contribution < 1.29 is 14.3 Å². The summed E-state index contributed by atoms with van der Waals surface area (Å²) in [6.45, 7) is 7.79. The molecule has 1 aliphatic carbocycles. The minimum absolute atomic E-state index is 0.00524. The van der Waals surface area contributed by atoms with Crippen LogP contribution >= 0.6 is 0 Å². The average molecular weight is 283 g/mol. The van der Waals surface area contributed by atoms with Crippen LogP contribution in [0.2, 0.25) is 0 Å². The zero-order chi connectivity index (χ0) is 15.1. The number of amides is 1. The molecular formula is C16H29NO3. The normalized spacial score (nSPS) is 19.4. The summed E-state index contributed by atoms with van der Waals surface area (Å²) in [5.41, 5.74) is 0. The van der Waals surface area contributed by atoms with Crippen LogP contribution in [0, 0.1) is 11.8 Å². The van der Waals surface area contributed by atoms with Crippen molar-refractivity contribution >= 4 is 11.9 Å². The van der Waals surface area contributed by atoms with Crippen molar-refractivity contribution in [2.75, 3.05) is 0 Å². The Hall–Kier alpha value is -1.06. The molecule has 0 unspecified atom stereocenters. The van der Waals surface area contributed by atoms with Crippen LogP contribution < -0.4 is 5.32 Å².